The fraction of sp³-hybridized carbons (Fsp3) is 0.211. The maximum Gasteiger partial charge on any atom is 0.0726 e. The molecule has 0 bridgehead atoms. The fourth-order valence-electron chi connectivity index (χ4n) is 2.68. The van der Waals surface area contributed by atoms with Gasteiger partial charge in [0, 0.05) is 43.6 Å². The van der Waals surface area contributed by atoms with E-state index < -0.39 is 0 Å². The average Bonchev–Trinajstić information content (AvgIpc) is 2.53. The van der Waals surface area contributed by atoms with E-state index in [1.54, 1.807) is 0 Å². The molecule has 1 heterocycles. The number of pyridine rings is 1. The number of fused-ring (bicyclic) bond motifs is 1. The number of hydrogen-bond acceptors (Lipinski definition) is 3. The van der Waals surface area contributed by atoms with Gasteiger partial charge in [0.2, 0.25) is 0 Å². The van der Waals surface area contributed by atoms with Gasteiger partial charge >= 0.3 is 0 Å². The van der Waals surface area contributed by atoms with Gasteiger partial charge in [0.05, 0.1) is 11.2 Å². The second-order valence-electron chi connectivity index (χ2n) is 5.77. The van der Waals surface area contributed by atoms with Gasteiger partial charge in [-0.1, -0.05) is 18.2 Å². The Morgan fingerprint density at radius 1 is 0.818 bits per heavy atom. The Kier molecular flexibility index (Phi) is 3.72. The molecule has 0 unspecified atom stereocenters. The highest BCUT2D eigenvalue weighted by atomic mass is 15.1. The zero-order valence-corrected chi connectivity index (χ0v) is 13.5. The second kappa shape index (κ2) is 5.68. The first-order valence-corrected chi connectivity index (χ1v) is 7.44. The predicted octanol–water partition coefficient (Wildman–Crippen LogP) is 4.38. The predicted molar refractivity (Wildman–Crippen MR) is 95.3 cm³/mol. The Morgan fingerprint density at radius 2 is 1.45 bits per heavy atom. The molecule has 0 atom stereocenters. The third kappa shape index (κ3) is 2.62. The second-order valence-corrected chi connectivity index (χ2v) is 5.77. The number of rotatable bonds is 3. The molecule has 0 spiro atoms. The SMILES string of the molecule is Cc1cc(N(C)c2ccc(N(C)C)cc2)c2ccccc2n1. The highest BCUT2D eigenvalue weighted by Crippen LogP contribution is 2.31. The van der Waals surface area contributed by atoms with Crippen molar-refractivity contribution in [3.8, 4) is 0 Å². The van der Waals surface area contributed by atoms with E-state index in [-0.39, 0.29) is 0 Å². The minimum atomic E-state index is 1.03. The third-order valence-corrected chi connectivity index (χ3v) is 3.94. The monoisotopic (exact) mass is 291 g/mol. The van der Waals surface area contributed by atoms with Crippen LogP contribution < -0.4 is 9.80 Å². The summed E-state index contributed by atoms with van der Waals surface area (Å²) >= 11 is 0. The lowest BCUT2D eigenvalue weighted by molar-refractivity contribution is 1.13. The number of nitrogens with zero attached hydrogens (tertiary/aromatic N) is 3. The van der Waals surface area contributed by atoms with Crippen LogP contribution in [0.1, 0.15) is 5.69 Å². The first-order valence-electron chi connectivity index (χ1n) is 7.44. The van der Waals surface area contributed by atoms with Gasteiger partial charge in [-0.25, -0.2) is 0 Å². The lowest BCUT2D eigenvalue weighted by Gasteiger charge is -2.23. The van der Waals surface area contributed by atoms with E-state index >= 15 is 0 Å². The van der Waals surface area contributed by atoms with Crippen molar-refractivity contribution in [2.75, 3.05) is 30.9 Å². The van der Waals surface area contributed by atoms with Gasteiger partial charge in [-0.3, -0.25) is 4.98 Å². The van der Waals surface area contributed by atoms with Gasteiger partial charge < -0.3 is 9.80 Å². The summed E-state index contributed by atoms with van der Waals surface area (Å²) in [4.78, 5) is 8.94. The average molecular weight is 291 g/mol. The van der Waals surface area contributed by atoms with E-state index in [2.05, 4.69) is 84.5 Å². The van der Waals surface area contributed by atoms with Crippen molar-refractivity contribution >= 4 is 28.0 Å². The van der Waals surface area contributed by atoms with E-state index in [9.17, 15) is 0 Å². The number of hydrogen-bond donors (Lipinski definition) is 0. The van der Waals surface area contributed by atoms with Gasteiger partial charge in [-0.2, -0.15) is 0 Å². The first-order chi connectivity index (χ1) is 10.6. The molecule has 0 aliphatic heterocycles. The van der Waals surface area contributed by atoms with Gasteiger partial charge in [0.15, 0.2) is 0 Å². The molecule has 0 amide bonds. The minimum Gasteiger partial charge on any atom is -0.378 e. The number of benzene rings is 2. The van der Waals surface area contributed by atoms with E-state index in [1.165, 1.54) is 22.4 Å². The van der Waals surface area contributed by atoms with Crippen molar-refractivity contribution in [1.82, 2.24) is 4.98 Å². The van der Waals surface area contributed by atoms with Gasteiger partial charge in [0.25, 0.3) is 0 Å². The molecule has 3 rings (SSSR count). The van der Waals surface area contributed by atoms with Crippen LogP contribution in [0.2, 0.25) is 0 Å². The zero-order chi connectivity index (χ0) is 15.7. The van der Waals surface area contributed by atoms with Crippen molar-refractivity contribution in [1.29, 1.82) is 0 Å². The van der Waals surface area contributed by atoms with Crippen molar-refractivity contribution in [2.45, 2.75) is 6.92 Å². The Balaban J connectivity index is 2.06. The van der Waals surface area contributed by atoms with E-state index in [1.807, 2.05) is 13.0 Å². The van der Waals surface area contributed by atoms with Crippen LogP contribution in [0.5, 0.6) is 0 Å². The summed E-state index contributed by atoms with van der Waals surface area (Å²) in [6.45, 7) is 2.04. The van der Waals surface area contributed by atoms with Crippen LogP contribution in [0.3, 0.4) is 0 Å². The fourth-order valence-corrected chi connectivity index (χ4v) is 2.68. The van der Waals surface area contributed by atoms with Crippen LogP contribution in [0, 0.1) is 6.92 Å². The normalized spacial score (nSPS) is 10.7. The highest BCUT2D eigenvalue weighted by molar-refractivity contribution is 5.93. The summed E-state index contributed by atoms with van der Waals surface area (Å²) in [5.41, 5.74) is 5.62. The van der Waals surface area contributed by atoms with Gasteiger partial charge in [-0.15, -0.1) is 0 Å². The summed E-state index contributed by atoms with van der Waals surface area (Å²) < 4.78 is 0. The number of aromatic nitrogens is 1. The molecule has 3 heteroatoms. The largest absolute Gasteiger partial charge is 0.378 e. The molecule has 22 heavy (non-hydrogen) atoms. The van der Waals surface area contributed by atoms with Crippen LogP contribution in [-0.2, 0) is 0 Å². The van der Waals surface area contributed by atoms with Crippen LogP contribution in [0.15, 0.2) is 54.6 Å². The molecular weight excluding hydrogens is 270 g/mol. The molecule has 0 N–H and O–H groups in total. The summed E-state index contributed by atoms with van der Waals surface area (Å²) in [7, 11) is 6.21. The standard InChI is InChI=1S/C19H21N3/c1-14-13-19(17-7-5-6-8-18(17)20-14)22(4)16-11-9-15(10-12-16)21(2)3/h5-13H,1-4H3. The Morgan fingerprint density at radius 3 is 2.14 bits per heavy atom. The summed E-state index contributed by atoms with van der Waals surface area (Å²) in [6.07, 6.45) is 0. The van der Waals surface area contributed by atoms with E-state index in [4.69, 9.17) is 0 Å². The minimum absolute atomic E-state index is 1.03. The van der Waals surface area contributed by atoms with Crippen molar-refractivity contribution in [2.24, 2.45) is 0 Å². The number of anilines is 3. The molecular formula is C19H21N3. The summed E-state index contributed by atoms with van der Waals surface area (Å²) in [6, 6.07) is 19.0. The Bertz CT molecular complexity index is 791. The molecule has 2 aromatic carbocycles. The maximum atomic E-state index is 4.62. The molecule has 0 saturated heterocycles. The summed E-state index contributed by atoms with van der Waals surface area (Å²) in [5.74, 6) is 0. The van der Waals surface area contributed by atoms with Crippen LogP contribution in [-0.4, -0.2) is 26.1 Å². The molecule has 3 nitrogen and oxygen atoms in total. The van der Waals surface area contributed by atoms with Crippen LogP contribution in [0.4, 0.5) is 17.1 Å². The zero-order valence-electron chi connectivity index (χ0n) is 13.5. The van der Waals surface area contributed by atoms with E-state index in [0.717, 1.165) is 11.2 Å². The molecule has 0 radical (unpaired) electrons. The molecule has 1 aromatic heterocycles. The third-order valence-electron chi connectivity index (χ3n) is 3.94. The quantitative estimate of drug-likeness (QED) is 0.714. The molecule has 3 aromatic rings. The maximum absolute atomic E-state index is 4.62. The molecule has 0 aliphatic carbocycles. The molecule has 112 valence electrons. The lowest BCUT2D eigenvalue weighted by atomic mass is 10.1. The summed E-state index contributed by atoms with van der Waals surface area (Å²) in [5, 5.41) is 1.17. The van der Waals surface area contributed by atoms with Gasteiger partial charge in [0.1, 0.15) is 0 Å². The van der Waals surface area contributed by atoms with Crippen molar-refractivity contribution < 1.29 is 0 Å². The smallest absolute Gasteiger partial charge is 0.0726 e. The molecule has 0 aliphatic rings. The van der Waals surface area contributed by atoms with Crippen molar-refractivity contribution in [3.05, 3.63) is 60.3 Å². The molecule has 0 saturated carbocycles. The highest BCUT2D eigenvalue weighted by Gasteiger charge is 2.10. The van der Waals surface area contributed by atoms with Crippen LogP contribution in [0.25, 0.3) is 10.9 Å². The van der Waals surface area contributed by atoms with Gasteiger partial charge in [-0.05, 0) is 43.3 Å². The lowest BCUT2D eigenvalue weighted by Crippen LogP contribution is -2.12. The van der Waals surface area contributed by atoms with Crippen molar-refractivity contribution in [3.63, 3.8) is 0 Å². The van der Waals surface area contributed by atoms with E-state index in [0.29, 0.717) is 0 Å². The first kappa shape index (κ1) is 14.4. The van der Waals surface area contributed by atoms with Crippen LogP contribution >= 0.6 is 0 Å². The topological polar surface area (TPSA) is 19.4 Å². The number of aryl methyl sites for hydroxylation is 1. The number of para-hydroxylation sites is 1. The molecule has 0 fully saturated rings. The Labute approximate surface area is 131 Å². The Hall–Kier alpha value is -2.55.